The summed E-state index contributed by atoms with van der Waals surface area (Å²) in [6.07, 6.45) is 2.18. The maximum absolute atomic E-state index is 12.3. The molecule has 5 heteroatoms. The fourth-order valence-electron chi connectivity index (χ4n) is 2.61. The van der Waals surface area contributed by atoms with E-state index in [-0.39, 0.29) is 12.0 Å². The van der Waals surface area contributed by atoms with Gasteiger partial charge in [-0.15, -0.1) is 0 Å². The molecule has 0 bridgehead atoms. The molecule has 1 amide bonds. The smallest absolute Gasteiger partial charge is 0.254 e. The fraction of sp³-hybridized carbons (Fsp3) is 0.353. The molecular formula is C17H18ClNO3. The zero-order valence-electron chi connectivity index (χ0n) is 12.4. The van der Waals surface area contributed by atoms with E-state index in [1.54, 1.807) is 19.1 Å². The van der Waals surface area contributed by atoms with Gasteiger partial charge in [0.25, 0.3) is 5.91 Å². The third-order valence-electron chi connectivity index (χ3n) is 3.82. The molecule has 22 heavy (non-hydrogen) atoms. The van der Waals surface area contributed by atoms with E-state index in [0.29, 0.717) is 28.7 Å². The summed E-state index contributed by atoms with van der Waals surface area (Å²) in [5.74, 6) is 1.04. The summed E-state index contributed by atoms with van der Waals surface area (Å²) >= 11 is 6.17. The van der Waals surface area contributed by atoms with Crippen LogP contribution in [0.3, 0.4) is 0 Å². The summed E-state index contributed by atoms with van der Waals surface area (Å²) in [5.41, 5.74) is 1.32. The van der Waals surface area contributed by atoms with Crippen LogP contribution in [0.15, 0.2) is 34.7 Å². The van der Waals surface area contributed by atoms with E-state index >= 15 is 0 Å². The molecular weight excluding hydrogens is 302 g/mol. The summed E-state index contributed by atoms with van der Waals surface area (Å²) in [6, 6.07) is 9.15. The maximum Gasteiger partial charge on any atom is 0.254 e. The van der Waals surface area contributed by atoms with E-state index in [0.717, 1.165) is 25.0 Å². The van der Waals surface area contributed by atoms with Crippen molar-refractivity contribution in [3.63, 3.8) is 0 Å². The highest BCUT2D eigenvalue weighted by atomic mass is 35.5. The molecule has 1 aromatic carbocycles. The van der Waals surface area contributed by atoms with E-state index < -0.39 is 0 Å². The lowest BCUT2D eigenvalue weighted by molar-refractivity contribution is 0.0856. The number of hydrogen-bond donors (Lipinski definition) is 1. The van der Waals surface area contributed by atoms with E-state index in [2.05, 4.69) is 5.32 Å². The topological polar surface area (TPSA) is 51.5 Å². The molecule has 4 nitrogen and oxygen atoms in total. The van der Waals surface area contributed by atoms with Crippen molar-refractivity contribution < 1.29 is 13.9 Å². The summed E-state index contributed by atoms with van der Waals surface area (Å²) in [4.78, 5) is 12.3. The van der Waals surface area contributed by atoms with Crippen LogP contribution < -0.4 is 5.32 Å². The lowest BCUT2D eigenvalue weighted by atomic mass is 10.1. The van der Waals surface area contributed by atoms with Crippen molar-refractivity contribution in [2.45, 2.75) is 25.9 Å². The molecule has 0 spiro atoms. The minimum atomic E-state index is -0.143. The van der Waals surface area contributed by atoms with Crippen molar-refractivity contribution >= 4 is 17.5 Å². The Labute approximate surface area is 134 Å². The van der Waals surface area contributed by atoms with Gasteiger partial charge in [-0.2, -0.15) is 0 Å². The standard InChI is InChI=1S/C17H18ClNO3/c1-11-14(17(20)19-10-12-5-4-8-21-12)9-16(22-11)13-6-2-3-7-15(13)18/h2-3,6-7,9,12H,4-5,8,10H2,1H3,(H,19,20). The van der Waals surface area contributed by atoms with Gasteiger partial charge in [-0.25, -0.2) is 0 Å². The molecule has 1 aliphatic rings. The molecule has 1 aromatic heterocycles. The SMILES string of the molecule is Cc1oc(-c2ccccc2Cl)cc1C(=O)NCC1CCCO1. The minimum Gasteiger partial charge on any atom is -0.460 e. The van der Waals surface area contributed by atoms with Crippen LogP contribution in [0.5, 0.6) is 0 Å². The second kappa shape index (κ2) is 6.55. The average molecular weight is 320 g/mol. The van der Waals surface area contributed by atoms with Crippen molar-refractivity contribution in [1.29, 1.82) is 0 Å². The van der Waals surface area contributed by atoms with Crippen LogP contribution >= 0.6 is 11.6 Å². The molecule has 0 saturated carbocycles. The maximum atomic E-state index is 12.3. The molecule has 3 rings (SSSR count). The molecule has 1 aliphatic heterocycles. The molecule has 116 valence electrons. The van der Waals surface area contributed by atoms with Crippen LogP contribution in [0.4, 0.5) is 0 Å². The number of aryl methyl sites for hydroxylation is 1. The van der Waals surface area contributed by atoms with Gasteiger partial charge in [0.05, 0.1) is 16.7 Å². The predicted molar refractivity (Wildman–Crippen MR) is 85.2 cm³/mol. The van der Waals surface area contributed by atoms with Gasteiger partial charge < -0.3 is 14.5 Å². The Hall–Kier alpha value is -1.78. The highest BCUT2D eigenvalue weighted by molar-refractivity contribution is 6.33. The Morgan fingerprint density at radius 2 is 2.23 bits per heavy atom. The minimum absolute atomic E-state index is 0.124. The molecule has 1 saturated heterocycles. The van der Waals surface area contributed by atoms with E-state index in [1.165, 1.54) is 0 Å². The number of furan rings is 1. The van der Waals surface area contributed by atoms with Gasteiger partial charge in [-0.05, 0) is 38.0 Å². The number of carbonyl (C=O) groups is 1. The number of ether oxygens (including phenoxy) is 1. The summed E-state index contributed by atoms with van der Waals surface area (Å²) in [5, 5.41) is 3.50. The zero-order chi connectivity index (χ0) is 15.5. The van der Waals surface area contributed by atoms with Gasteiger partial charge in [-0.3, -0.25) is 4.79 Å². The molecule has 0 radical (unpaired) electrons. The third kappa shape index (κ3) is 3.18. The van der Waals surface area contributed by atoms with E-state index in [9.17, 15) is 4.79 Å². The lowest BCUT2D eigenvalue weighted by Gasteiger charge is -2.10. The fourth-order valence-corrected chi connectivity index (χ4v) is 2.84. The Bertz CT molecular complexity index is 674. The number of amides is 1. The predicted octanol–water partition coefficient (Wildman–Crippen LogP) is 3.82. The first-order chi connectivity index (χ1) is 10.6. The normalized spacial score (nSPS) is 17.6. The quantitative estimate of drug-likeness (QED) is 0.932. The number of rotatable bonds is 4. The van der Waals surface area contributed by atoms with Crippen molar-refractivity contribution in [3.05, 3.63) is 46.7 Å². The Morgan fingerprint density at radius 1 is 1.41 bits per heavy atom. The van der Waals surface area contributed by atoms with Crippen LogP contribution in [0, 0.1) is 6.92 Å². The van der Waals surface area contributed by atoms with E-state index in [4.69, 9.17) is 20.8 Å². The van der Waals surface area contributed by atoms with E-state index in [1.807, 2.05) is 18.2 Å². The Kier molecular flexibility index (Phi) is 4.50. The second-order valence-electron chi connectivity index (χ2n) is 5.41. The molecule has 0 aliphatic carbocycles. The zero-order valence-corrected chi connectivity index (χ0v) is 13.2. The highest BCUT2D eigenvalue weighted by Gasteiger charge is 2.20. The molecule has 1 fully saturated rings. The largest absolute Gasteiger partial charge is 0.460 e. The summed E-state index contributed by atoms with van der Waals surface area (Å²) in [7, 11) is 0. The first kappa shape index (κ1) is 15.1. The first-order valence-corrected chi connectivity index (χ1v) is 7.78. The van der Waals surface area contributed by atoms with Gasteiger partial charge in [-0.1, -0.05) is 23.7 Å². The van der Waals surface area contributed by atoms with Crippen molar-refractivity contribution in [3.8, 4) is 11.3 Å². The van der Waals surface area contributed by atoms with Gasteiger partial charge in [0.15, 0.2) is 0 Å². The van der Waals surface area contributed by atoms with Crippen molar-refractivity contribution in [1.82, 2.24) is 5.32 Å². The van der Waals surface area contributed by atoms with Crippen LogP contribution in [0.2, 0.25) is 5.02 Å². The van der Waals surface area contributed by atoms with Crippen LogP contribution in [0.25, 0.3) is 11.3 Å². The Balaban J connectivity index is 1.74. The van der Waals surface area contributed by atoms with Crippen LogP contribution in [0.1, 0.15) is 29.0 Å². The number of nitrogens with one attached hydrogen (secondary N) is 1. The van der Waals surface area contributed by atoms with Gasteiger partial charge >= 0.3 is 0 Å². The van der Waals surface area contributed by atoms with Crippen LogP contribution in [-0.4, -0.2) is 25.2 Å². The Morgan fingerprint density at radius 3 is 2.95 bits per heavy atom. The van der Waals surface area contributed by atoms with Crippen molar-refractivity contribution in [2.24, 2.45) is 0 Å². The van der Waals surface area contributed by atoms with Gasteiger partial charge in [0, 0.05) is 18.7 Å². The number of benzene rings is 1. The van der Waals surface area contributed by atoms with Gasteiger partial charge in [0.2, 0.25) is 0 Å². The molecule has 1 atom stereocenters. The summed E-state index contributed by atoms with van der Waals surface area (Å²) in [6.45, 7) is 3.09. The number of halogens is 1. The third-order valence-corrected chi connectivity index (χ3v) is 4.15. The second-order valence-corrected chi connectivity index (χ2v) is 5.81. The van der Waals surface area contributed by atoms with Crippen molar-refractivity contribution in [2.75, 3.05) is 13.2 Å². The first-order valence-electron chi connectivity index (χ1n) is 7.40. The molecule has 2 heterocycles. The lowest BCUT2D eigenvalue weighted by Crippen LogP contribution is -2.31. The van der Waals surface area contributed by atoms with Gasteiger partial charge in [0.1, 0.15) is 11.5 Å². The number of carbonyl (C=O) groups excluding carboxylic acids is 1. The monoisotopic (exact) mass is 319 g/mol. The molecule has 1 N–H and O–H groups in total. The highest BCUT2D eigenvalue weighted by Crippen LogP contribution is 2.30. The average Bonchev–Trinajstić information content (AvgIpc) is 3.15. The molecule has 2 aromatic rings. The summed E-state index contributed by atoms with van der Waals surface area (Å²) < 4.78 is 11.2. The van der Waals surface area contributed by atoms with Crippen LogP contribution in [-0.2, 0) is 4.74 Å². The number of hydrogen-bond acceptors (Lipinski definition) is 3. The molecule has 1 unspecified atom stereocenters.